The lowest BCUT2D eigenvalue weighted by Gasteiger charge is -2.43. The summed E-state index contributed by atoms with van der Waals surface area (Å²) in [6, 6.07) is 10.2. The number of halogens is 1. The van der Waals surface area contributed by atoms with E-state index in [0.717, 1.165) is 37.9 Å². The molecule has 1 aromatic heterocycles. The molecule has 0 atom stereocenters. The molecule has 0 spiro atoms. The monoisotopic (exact) mass is 476 g/mol. The van der Waals surface area contributed by atoms with Crippen molar-refractivity contribution < 1.29 is 9.18 Å². The molecule has 35 heavy (non-hydrogen) atoms. The van der Waals surface area contributed by atoms with Gasteiger partial charge in [0.05, 0.1) is 6.57 Å². The standard InChI is InChI=1S/C27H33FN6O/c1-30-23-3-2-21-5-11-34(19-22(21)17-23)24-6-12-33(13-7-24)26(35)27(28)8-14-32(15-9-27)18-20-4-10-31-25(29)16-20/h2-4,10,16-17,24H,5-9,11-15,18-19H2,(H2,29,31). The molecule has 1 amide bonds. The van der Waals surface area contributed by atoms with Gasteiger partial charge in [-0.25, -0.2) is 14.2 Å². The molecule has 3 aliphatic rings. The first-order chi connectivity index (χ1) is 16.9. The van der Waals surface area contributed by atoms with Crippen LogP contribution in [0.1, 0.15) is 42.4 Å². The number of anilines is 1. The number of nitrogens with zero attached hydrogens (tertiary/aromatic N) is 5. The number of nitrogen functional groups attached to an aromatic ring is 1. The molecule has 3 aliphatic heterocycles. The molecule has 2 N–H and O–H groups in total. The molecular formula is C27H33FN6O. The van der Waals surface area contributed by atoms with Crippen LogP contribution < -0.4 is 5.73 Å². The number of piperidine rings is 2. The van der Waals surface area contributed by atoms with Gasteiger partial charge in [0.25, 0.3) is 5.91 Å². The minimum atomic E-state index is -1.76. The van der Waals surface area contributed by atoms with Crippen LogP contribution in [0.5, 0.6) is 0 Å². The van der Waals surface area contributed by atoms with Gasteiger partial charge in [0, 0.05) is 70.9 Å². The zero-order valence-corrected chi connectivity index (χ0v) is 20.1. The van der Waals surface area contributed by atoms with Crippen LogP contribution in [0.25, 0.3) is 4.85 Å². The Balaban J connectivity index is 1.12. The number of nitrogens with two attached hydrogens (primary N) is 1. The van der Waals surface area contributed by atoms with Gasteiger partial charge in [-0.2, -0.15) is 0 Å². The molecule has 0 radical (unpaired) electrons. The highest BCUT2D eigenvalue weighted by Crippen LogP contribution is 2.32. The van der Waals surface area contributed by atoms with E-state index in [1.54, 1.807) is 11.1 Å². The van der Waals surface area contributed by atoms with E-state index in [4.69, 9.17) is 12.3 Å². The number of likely N-dealkylation sites (tertiary alicyclic amines) is 2. The number of fused-ring (bicyclic) bond motifs is 1. The van der Waals surface area contributed by atoms with Gasteiger partial charge in [-0.3, -0.25) is 14.6 Å². The van der Waals surface area contributed by atoms with Crippen LogP contribution in [0.15, 0.2) is 36.5 Å². The van der Waals surface area contributed by atoms with Crippen molar-refractivity contribution in [2.45, 2.75) is 56.9 Å². The maximum Gasteiger partial charge on any atom is 0.260 e. The Morgan fingerprint density at radius 2 is 1.89 bits per heavy atom. The summed E-state index contributed by atoms with van der Waals surface area (Å²) in [7, 11) is 0. The summed E-state index contributed by atoms with van der Waals surface area (Å²) < 4.78 is 15.7. The molecule has 0 unspecified atom stereocenters. The van der Waals surface area contributed by atoms with Crippen LogP contribution >= 0.6 is 0 Å². The predicted molar refractivity (Wildman–Crippen MR) is 133 cm³/mol. The Hall–Kier alpha value is -3.02. The van der Waals surface area contributed by atoms with Crippen molar-refractivity contribution in [1.29, 1.82) is 0 Å². The number of benzene rings is 1. The second kappa shape index (κ2) is 9.92. The summed E-state index contributed by atoms with van der Waals surface area (Å²) >= 11 is 0. The molecule has 0 saturated carbocycles. The Kier molecular flexibility index (Phi) is 6.72. The van der Waals surface area contributed by atoms with Crippen LogP contribution in [0.3, 0.4) is 0 Å². The molecule has 8 heteroatoms. The summed E-state index contributed by atoms with van der Waals surface area (Å²) in [5.74, 6) is 0.161. The number of hydrogen-bond donors (Lipinski definition) is 1. The summed E-state index contributed by atoms with van der Waals surface area (Å²) in [4.78, 5) is 27.2. The molecule has 7 nitrogen and oxygen atoms in total. The zero-order chi connectivity index (χ0) is 24.4. The average molecular weight is 477 g/mol. The van der Waals surface area contributed by atoms with Gasteiger partial charge in [0.2, 0.25) is 0 Å². The molecule has 5 rings (SSSR count). The topological polar surface area (TPSA) is 70.1 Å². The molecule has 4 heterocycles. The Morgan fingerprint density at radius 3 is 2.60 bits per heavy atom. The van der Waals surface area contributed by atoms with Crippen molar-refractivity contribution in [3.63, 3.8) is 0 Å². The van der Waals surface area contributed by atoms with Gasteiger partial charge in [0.15, 0.2) is 11.4 Å². The van der Waals surface area contributed by atoms with E-state index in [1.807, 2.05) is 24.3 Å². The van der Waals surface area contributed by atoms with E-state index >= 15 is 4.39 Å². The lowest BCUT2D eigenvalue weighted by Crippen LogP contribution is -2.55. The van der Waals surface area contributed by atoms with Gasteiger partial charge < -0.3 is 10.6 Å². The smallest absolute Gasteiger partial charge is 0.260 e. The molecule has 184 valence electrons. The van der Waals surface area contributed by atoms with Gasteiger partial charge in [-0.1, -0.05) is 18.2 Å². The van der Waals surface area contributed by atoms with E-state index in [9.17, 15) is 4.79 Å². The largest absolute Gasteiger partial charge is 0.384 e. The minimum absolute atomic E-state index is 0.235. The first-order valence-corrected chi connectivity index (χ1v) is 12.6. The highest BCUT2D eigenvalue weighted by Gasteiger charge is 2.45. The Morgan fingerprint density at radius 1 is 1.11 bits per heavy atom. The number of carbonyl (C=O) groups is 1. The van der Waals surface area contributed by atoms with Crippen molar-refractivity contribution in [3.05, 3.63) is 64.6 Å². The lowest BCUT2D eigenvalue weighted by molar-refractivity contribution is -0.149. The van der Waals surface area contributed by atoms with E-state index in [-0.39, 0.29) is 18.7 Å². The van der Waals surface area contributed by atoms with Gasteiger partial charge >= 0.3 is 0 Å². The molecule has 2 aromatic rings. The summed E-state index contributed by atoms with van der Waals surface area (Å²) in [5, 5.41) is 0. The SMILES string of the molecule is [C-]#[N+]c1ccc2c(c1)CN(C1CCN(C(=O)C3(F)CCN(Cc4ccnc(N)c4)CC3)CC1)CC2. The molecule has 1 aromatic carbocycles. The summed E-state index contributed by atoms with van der Waals surface area (Å²) in [6.07, 6.45) is 4.89. The van der Waals surface area contributed by atoms with E-state index < -0.39 is 5.67 Å². The second-order valence-corrected chi connectivity index (χ2v) is 10.1. The van der Waals surface area contributed by atoms with E-state index in [1.165, 1.54) is 11.1 Å². The third kappa shape index (κ3) is 5.16. The normalized spacial score (nSPS) is 21.3. The minimum Gasteiger partial charge on any atom is -0.384 e. The first-order valence-electron chi connectivity index (χ1n) is 12.6. The van der Waals surface area contributed by atoms with Crippen LogP contribution in [0.2, 0.25) is 0 Å². The van der Waals surface area contributed by atoms with Crippen LogP contribution in [-0.2, 0) is 24.3 Å². The van der Waals surface area contributed by atoms with Gasteiger partial charge in [-0.15, -0.1) is 0 Å². The number of pyridine rings is 1. The van der Waals surface area contributed by atoms with E-state index in [2.05, 4.69) is 25.7 Å². The molecule has 0 aliphatic carbocycles. The zero-order valence-electron chi connectivity index (χ0n) is 20.1. The number of hydrogen-bond acceptors (Lipinski definition) is 5. The maximum atomic E-state index is 15.7. The summed E-state index contributed by atoms with van der Waals surface area (Å²) in [5.41, 5.74) is 8.33. The van der Waals surface area contributed by atoms with Crippen molar-refractivity contribution in [2.24, 2.45) is 0 Å². The molecular weight excluding hydrogens is 443 g/mol. The number of carbonyl (C=O) groups excluding carboxylic acids is 1. The second-order valence-electron chi connectivity index (χ2n) is 10.1. The lowest BCUT2D eigenvalue weighted by atomic mass is 9.90. The average Bonchev–Trinajstić information content (AvgIpc) is 2.89. The quantitative estimate of drug-likeness (QED) is 0.684. The van der Waals surface area contributed by atoms with Crippen LogP contribution in [0, 0.1) is 6.57 Å². The van der Waals surface area contributed by atoms with Crippen LogP contribution in [-0.4, -0.2) is 70.0 Å². The number of alkyl halides is 1. The Bertz CT molecular complexity index is 1110. The van der Waals surface area contributed by atoms with Crippen molar-refractivity contribution >= 4 is 17.4 Å². The fourth-order valence-electron chi connectivity index (χ4n) is 5.79. The first kappa shape index (κ1) is 23.7. The number of rotatable bonds is 4. The van der Waals surface area contributed by atoms with Crippen LogP contribution in [0.4, 0.5) is 15.9 Å². The maximum absolute atomic E-state index is 15.7. The van der Waals surface area contributed by atoms with E-state index in [0.29, 0.717) is 50.3 Å². The Labute approximate surface area is 206 Å². The predicted octanol–water partition coefficient (Wildman–Crippen LogP) is 3.57. The van der Waals surface area contributed by atoms with Gasteiger partial charge in [0.1, 0.15) is 5.82 Å². The third-order valence-electron chi connectivity index (χ3n) is 7.91. The highest BCUT2D eigenvalue weighted by atomic mass is 19.1. The highest BCUT2D eigenvalue weighted by molar-refractivity contribution is 5.85. The third-order valence-corrected chi connectivity index (χ3v) is 7.91. The van der Waals surface area contributed by atoms with Gasteiger partial charge in [-0.05, 0) is 48.1 Å². The molecule has 0 bridgehead atoms. The number of aromatic nitrogens is 1. The van der Waals surface area contributed by atoms with Crippen molar-refractivity contribution in [3.8, 4) is 0 Å². The fourth-order valence-corrected chi connectivity index (χ4v) is 5.79. The number of amides is 1. The van der Waals surface area contributed by atoms with Crippen molar-refractivity contribution in [1.82, 2.24) is 19.7 Å². The summed E-state index contributed by atoms with van der Waals surface area (Å²) in [6.45, 7) is 12.1. The fraction of sp³-hybridized carbons (Fsp3) is 0.519. The van der Waals surface area contributed by atoms with Crippen molar-refractivity contribution in [2.75, 3.05) is 38.5 Å². The molecule has 2 fully saturated rings. The molecule has 2 saturated heterocycles.